The van der Waals surface area contributed by atoms with E-state index in [1.54, 1.807) is 0 Å². The number of rotatable bonds is 1. The third kappa shape index (κ3) is 1.27. The summed E-state index contributed by atoms with van der Waals surface area (Å²) in [7, 11) is 0. The molecular formula is C10H12N2O. The number of fused-ring (bicyclic) bond motifs is 1. The molecule has 0 bridgehead atoms. The fourth-order valence-corrected chi connectivity index (χ4v) is 1.52. The van der Waals surface area contributed by atoms with E-state index in [2.05, 4.69) is 5.32 Å². The van der Waals surface area contributed by atoms with Crippen LogP contribution in [0.15, 0.2) is 30.0 Å². The van der Waals surface area contributed by atoms with Gasteiger partial charge in [-0.25, -0.2) is 0 Å². The van der Waals surface area contributed by atoms with E-state index in [0.717, 1.165) is 23.4 Å². The van der Waals surface area contributed by atoms with Gasteiger partial charge in [-0.05, 0) is 5.56 Å². The number of aliphatic hydroxyl groups excluding tert-OH is 1. The van der Waals surface area contributed by atoms with E-state index < -0.39 is 0 Å². The Labute approximate surface area is 76.9 Å². The monoisotopic (exact) mass is 176 g/mol. The minimum absolute atomic E-state index is 0.282. The fraction of sp³-hybridized carbons (Fsp3) is 0.200. The first-order chi connectivity index (χ1) is 6.33. The third-order valence-corrected chi connectivity index (χ3v) is 2.25. The summed E-state index contributed by atoms with van der Waals surface area (Å²) in [5.74, 6) is 0.282. The first-order valence-electron chi connectivity index (χ1n) is 4.27. The first-order valence-corrected chi connectivity index (χ1v) is 4.27. The van der Waals surface area contributed by atoms with Crippen LogP contribution >= 0.6 is 0 Å². The summed E-state index contributed by atoms with van der Waals surface area (Å²) in [4.78, 5) is 0. The predicted molar refractivity (Wildman–Crippen MR) is 51.9 cm³/mol. The van der Waals surface area contributed by atoms with E-state index >= 15 is 0 Å². The lowest BCUT2D eigenvalue weighted by atomic mass is 10.0. The van der Waals surface area contributed by atoms with Gasteiger partial charge in [-0.3, -0.25) is 0 Å². The number of nitrogens with one attached hydrogen (secondary N) is 1. The number of aliphatic hydroxyl groups is 1. The number of hydrogen-bond donors (Lipinski definition) is 3. The Hall–Kier alpha value is -1.48. The minimum atomic E-state index is 0.282. The van der Waals surface area contributed by atoms with Crippen molar-refractivity contribution in [1.29, 1.82) is 0 Å². The zero-order valence-corrected chi connectivity index (χ0v) is 7.25. The highest BCUT2D eigenvalue weighted by molar-refractivity contribution is 5.66. The summed E-state index contributed by atoms with van der Waals surface area (Å²) >= 11 is 0. The van der Waals surface area contributed by atoms with Crippen molar-refractivity contribution < 1.29 is 5.11 Å². The van der Waals surface area contributed by atoms with Crippen molar-refractivity contribution in [1.82, 2.24) is 5.32 Å². The molecule has 0 amide bonds. The molecule has 1 aromatic carbocycles. The Morgan fingerprint density at radius 3 is 2.92 bits per heavy atom. The lowest BCUT2D eigenvalue weighted by molar-refractivity contribution is 0.491. The maximum Gasteiger partial charge on any atom is 0.143 e. The van der Waals surface area contributed by atoms with Gasteiger partial charge in [0, 0.05) is 18.7 Å². The second-order valence-corrected chi connectivity index (χ2v) is 3.04. The molecule has 2 rings (SSSR count). The van der Waals surface area contributed by atoms with Crippen LogP contribution in [-0.4, -0.2) is 11.7 Å². The molecule has 0 spiro atoms. The van der Waals surface area contributed by atoms with Crippen molar-refractivity contribution in [2.45, 2.75) is 6.54 Å². The molecule has 1 aliphatic heterocycles. The van der Waals surface area contributed by atoms with E-state index in [-0.39, 0.29) is 5.76 Å². The molecule has 0 atom stereocenters. The van der Waals surface area contributed by atoms with Crippen LogP contribution in [0.2, 0.25) is 0 Å². The van der Waals surface area contributed by atoms with Crippen LogP contribution in [0.5, 0.6) is 0 Å². The average molecular weight is 176 g/mol. The maximum absolute atomic E-state index is 9.76. The number of benzene rings is 1. The van der Waals surface area contributed by atoms with Crippen LogP contribution < -0.4 is 11.1 Å². The highest BCUT2D eigenvalue weighted by Gasteiger charge is 2.15. The number of nitrogens with two attached hydrogens (primary N) is 1. The van der Waals surface area contributed by atoms with E-state index in [9.17, 15) is 5.11 Å². The summed E-state index contributed by atoms with van der Waals surface area (Å²) < 4.78 is 0. The topological polar surface area (TPSA) is 58.3 Å². The van der Waals surface area contributed by atoms with Crippen molar-refractivity contribution in [3.63, 3.8) is 0 Å². The van der Waals surface area contributed by atoms with E-state index in [4.69, 9.17) is 5.73 Å². The van der Waals surface area contributed by atoms with Crippen LogP contribution in [0.25, 0.3) is 5.76 Å². The smallest absolute Gasteiger partial charge is 0.143 e. The van der Waals surface area contributed by atoms with Gasteiger partial charge < -0.3 is 16.2 Å². The van der Waals surface area contributed by atoms with Crippen LogP contribution in [0, 0.1) is 0 Å². The molecule has 68 valence electrons. The fourth-order valence-electron chi connectivity index (χ4n) is 1.52. The van der Waals surface area contributed by atoms with Gasteiger partial charge in [0.05, 0.1) is 5.70 Å². The van der Waals surface area contributed by atoms with Gasteiger partial charge in [0.15, 0.2) is 0 Å². The highest BCUT2D eigenvalue weighted by atomic mass is 16.3. The molecule has 3 heteroatoms. The molecule has 1 heterocycles. The molecule has 0 fully saturated rings. The summed E-state index contributed by atoms with van der Waals surface area (Å²) in [6.45, 7) is 1.09. The van der Waals surface area contributed by atoms with Crippen LogP contribution in [-0.2, 0) is 6.54 Å². The third-order valence-electron chi connectivity index (χ3n) is 2.25. The molecule has 0 aromatic heterocycles. The Balaban J connectivity index is 2.52. The van der Waals surface area contributed by atoms with E-state index in [0.29, 0.717) is 6.54 Å². The lowest BCUT2D eigenvalue weighted by Crippen LogP contribution is -2.25. The molecule has 0 aliphatic carbocycles. The average Bonchev–Trinajstić information content (AvgIpc) is 2.19. The molecule has 0 saturated heterocycles. The van der Waals surface area contributed by atoms with Crippen LogP contribution in [0.4, 0.5) is 0 Å². The largest absolute Gasteiger partial charge is 0.505 e. The van der Waals surface area contributed by atoms with Crippen molar-refractivity contribution >= 4 is 5.76 Å². The Morgan fingerprint density at radius 1 is 1.38 bits per heavy atom. The van der Waals surface area contributed by atoms with Gasteiger partial charge in [-0.2, -0.15) is 0 Å². The molecular weight excluding hydrogens is 164 g/mol. The normalized spacial score (nSPS) is 15.2. The predicted octanol–water partition coefficient (Wildman–Crippen LogP) is 0.975. The van der Waals surface area contributed by atoms with Gasteiger partial charge in [0.1, 0.15) is 5.76 Å². The molecule has 3 nitrogen and oxygen atoms in total. The maximum atomic E-state index is 9.76. The SMILES string of the molecule is NCC1=C(O)c2ccccc2CN1. The Bertz CT molecular complexity index is 358. The molecule has 0 saturated carbocycles. The van der Waals surface area contributed by atoms with Gasteiger partial charge >= 0.3 is 0 Å². The Morgan fingerprint density at radius 2 is 2.15 bits per heavy atom. The van der Waals surface area contributed by atoms with Gasteiger partial charge in [0.2, 0.25) is 0 Å². The van der Waals surface area contributed by atoms with Gasteiger partial charge in [0.25, 0.3) is 0 Å². The van der Waals surface area contributed by atoms with Crippen molar-refractivity contribution in [3.05, 3.63) is 41.1 Å². The van der Waals surface area contributed by atoms with Crippen molar-refractivity contribution in [2.75, 3.05) is 6.54 Å². The summed E-state index contributed by atoms with van der Waals surface area (Å²) in [6.07, 6.45) is 0. The second-order valence-electron chi connectivity index (χ2n) is 3.04. The molecule has 1 aromatic rings. The summed E-state index contributed by atoms with van der Waals surface area (Å²) in [5, 5.41) is 12.8. The molecule has 0 unspecified atom stereocenters. The molecule has 4 N–H and O–H groups in total. The quantitative estimate of drug-likeness (QED) is 0.597. The summed E-state index contributed by atoms with van der Waals surface area (Å²) in [6, 6.07) is 7.77. The second kappa shape index (κ2) is 3.11. The Kier molecular flexibility index (Phi) is 1.94. The van der Waals surface area contributed by atoms with Gasteiger partial charge in [-0.15, -0.1) is 0 Å². The summed E-state index contributed by atoms with van der Waals surface area (Å²) in [5.41, 5.74) is 8.19. The van der Waals surface area contributed by atoms with Crippen LogP contribution in [0.3, 0.4) is 0 Å². The van der Waals surface area contributed by atoms with Crippen LogP contribution in [0.1, 0.15) is 11.1 Å². The molecule has 0 radical (unpaired) electrons. The standard InChI is InChI=1S/C10H12N2O/c11-5-9-10(13)8-4-2-1-3-7(8)6-12-9/h1-4,12-13H,5-6,11H2. The minimum Gasteiger partial charge on any atom is -0.505 e. The molecule has 1 aliphatic rings. The van der Waals surface area contributed by atoms with Crippen molar-refractivity contribution in [3.8, 4) is 0 Å². The molecule has 13 heavy (non-hydrogen) atoms. The zero-order chi connectivity index (χ0) is 9.26. The van der Waals surface area contributed by atoms with E-state index in [1.165, 1.54) is 0 Å². The number of hydrogen-bond acceptors (Lipinski definition) is 3. The van der Waals surface area contributed by atoms with Gasteiger partial charge in [-0.1, -0.05) is 24.3 Å². The van der Waals surface area contributed by atoms with E-state index in [1.807, 2.05) is 24.3 Å². The van der Waals surface area contributed by atoms with Crippen molar-refractivity contribution in [2.24, 2.45) is 5.73 Å². The highest BCUT2D eigenvalue weighted by Crippen LogP contribution is 2.22. The lowest BCUT2D eigenvalue weighted by Gasteiger charge is -2.20. The zero-order valence-electron chi connectivity index (χ0n) is 7.25. The first kappa shape index (κ1) is 8.13.